The van der Waals surface area contributed by atoms with Crippen molar-refractivity contribution in [1.82, 2.24) is 15.0 Å². The molecule has 38 heavy (non-hydrogen) atoms. The minimum atomic E-state index is -0.314. The lowest BCUT2D eigenvalue weighted by atomic mass is 9.96. The number of methoxy groups -OCH3 is 1. The topological polar surface area (TPSA) is 188 Å². The van der Waals surface area contributed by atoms with Crippen molar-refractivity contribution < 1.29 is 9.53 Å². The van der Waals surface area contributed by atoms with E-state index in [1.807, 2.05) is 21.9 Å². The molecule has 2 aliphatic heterocycles. The van der Waals surface area contributed by atoms with E-state index in [9.17, 15) is 4.79 Å². The highest BCUT2D eigenvalue weighted by atomic mass is 35.5. The Labute approximate surface area is 234 Å². The Morgan fingerprint density at radius 2 is 1.42 bits per heavy atom. The monoisotopic (exact) mass is 568 g/mol. The maximum Gasteiger partial charge on any atom is 0.306 e. The molecule has 9 N–H and O–H groups in total. The van der Waals surface area contributed by atoms with Crippen molar-refractivity contribution in [3.8, 4) is 0 Å². The summed E-state index contributed by atoms with van der Waals surface area (Å²) in [7, 11) is 1.38. The third-order valence-electron chi connectivity index (χ3n) is 6.70. The molecule has 2 aliphatic rings. The van der Waals surface area contributed by atoms with Crippen molar-refractivity contribution in [1.29, 1.82) is 0 Å². The predicted molar refractivity (Wildman–Crippen MR) is 152 cm³/mol. The Kier molecular flexibility index (Phi) is 10.7. The third-order valence-corrected chi connectivity index (χ3v) is 6.95. The zero-order valence-corrected chi connectivity index (χ0v) is 23.1. The van der Waals surface area contributed by atoms with Crippen LogP contribution < -0.4 is 38.1 Å². The van der Waals surface area contributed by atoms with Crippen LogP contribution in [0, 0.1) is 0 Å². The fourth-order valence-electron chi connectivity index (χ4n) is 4.94. The summed E-state index contributed by atoms with van der Waals surface area (Å²) in [6.07, 6.45) is 1.67. The van der Waals surface area contributed by atoms with Gasteiger partial charge in [0.2, 0.25) is 17.8 Å². The Morgan fingerprint density at radius 3 is 1.87 bits per heavy atom. The van der Waals surface area contributed by atoms with Crippen molar-refractivity contribution in [3.63, 3.8) is 0 Å². The second-order valence-corrected chi connectivity index (χ2v) is 10.4. The third kappa shape index (κ3) is 8.01. The number of piperidine rings is 2. The SMILES string of the molecule is COC(=O)CC(CNc1nc(N2C[C@H](N)C[C@H](N)C2)nc(N2C[C@H](N)C[C@H](N)C2)n1)c1ccc(Cl)cc1.Cl. The molecule has 12 nitrogen and oxygen atoms in total. The normalized spacial score (nSPS) is 24.4. The second-order valence-electron chi connectivity index (χ2n) is 9.99. The number of hydrogen-bond acceptors (Lipinski definition) is 12. The Balaban J connectivity index is 0.00000400. The lowest BCUT2D eigenvalue weighted by Crippen LogP contribution is -2.54. The molecule has 210 valence electrons. The first kappa shape index (κ1) is 30.1. The number of esters is 1. The van der Waals surface area contributed by atoms with Crippen LogP contribution in [-0.4, -0.2) is 84.9 Å². The number of halogens is 2. The average molecular weight is 570 g/mol. The summed E-state index contributed by atoms with van der Waals surface area (Å²) < 4.78 is 4.92. The van der Waals surface area contributed by atoms with Gasteiger partial charge in [-0.05, 0) is 30.5 Å². The summed E-state index contributed by atoms with van der Waals surface area (Å²) in [5.41, 5.74) is 25.9. The van der Waals surface area contributed by atoms with E-state index in [-0.39, 0.29) is 54.9 Å². The molecule has 1 aromatic carbocycles. The molecular weight excluding hydrogens is 531 g/mol. The number of hydrogen-bond donors (Lipinski definition) is 5. The summed E-state index contributed by atoms with van der Waals surface area (Å²) in [4.78, 5) is 30.3. The molecule has 0 saturated carbocycles. The van der Waals surface area contributed by atoms with E-state index in [0.29, 0.717) is 55.6 Å². The number of anilines is 3. The van der Waals surface area contributed by atoms with Gasteiger partial charge in [-0.3, -0.25) is 4.79 Å². The fourth-order valence-corrected chi connectivity index (χ4v) is 5.07. The van der Waals surface area contributed by atoms with Gasteiger partial charge in [-0.1, -0.05) is 23.7 Å². The number of benzene rings is 1. The van der Waals surface area contributed by atoms with Crippen LogP contribution in [0.3, 0.4) is 0 Å². The first-order valence-corrected chi connectivity index (χ1v) is 12.9. The molecule has 0 spiro atoms. The van der Waals surface area contributed by atoms with E-state index >= 15 is 0 Å². The molecule has 2 aromatic rings. The van der Waals surface area contributed by atoms with E-state index in [1.54, 1.807) is 12.1 Å². The number of aromatic nitrogens is 3. The van der Waals surface area contributed by atoms with Gasteiger partial charge in [-0.15, -0.1) is 12.4 Å². The lowest BCUT2D eigenvalue weighted by molar-refractivity contribution is -0.141. The van der Waals surface area contributed by atoms with Crippen molar-refractivity contribution in [2.45, 2.75) is 49.3 Å². The molecular formula is C24H38Cl2N10O2. The Bertz CT molecular complexity index is 999. The summed E-state index contributed by atoms with van der Waals surface area (Å²) in [5.74, 6) is 0.848. The van der Waals surface area contributed by atoms with Gasteiger partial charge in [0.05, 0.1) is 13.5 Å². The highest BCUT2D eigenvalue weighted by Crippen LogP contribution is 2.25. The maximum absolute atomic E-state index is 12.1. The zero-order valence-electron chi connectivity index (χ0n) is 21.5. The number of rotatable bonds is 8. The standard InChI is InChI=1S/C24H37ClN10O2.ClH/c1-37-21(36)6-15(14-2-4-16(25)5-3-14)9-30-22-31-23(34-10-17(26)7-18(27)11-34)33-24(32-22)35-12-19(28)8-20(29)13-35;/h2-5,15,17-20H,6-13,26-29H2,1H3,(H,30,31,32,33);1H/t15?,17-,18+,19-,20+;. The molecule has 0 amide bonds. The van der Waals surface area contributed by atoms with Gasteiger partial charge < -0.3 is 42.8 Å². The van der Waals surface area contributed by atoms with Crippen LogP contribution in [0.2, 0.25) is 5.02 Å². The molecule has 3 heterocycles. The van der Waals surface area contributed by atoms with Crippen LogP contribution >= 0.6 is 24.0 Å². The molecule has 2 saturated heterocycles. The molecule has 0 aliphatic carbocycles. The summed E-state index contributed by atoms with van der Waals surface area (Å²) >= 11 is 6.07. The van der Waals surface area contributed by atoms with Crippen LogP contribution in [0.4, 0.5) is 17.8 Å². The summed E-state index contributed by atoms with van der Waals surface area (Å²) in [5, 5.41) is 3.93. The van der Waals surface area contributed by atoms with Gasteiger partial charge in [0.15, 0.2) is 0 Å². The van der Waals surface area contributed by atoms with E-state index in [4.69, 9.17) is 54.2 Å². The first-order chi connectivity index (χ1) is 17.7. The van der Waals surface area contributed by atoms with Crippen LogP contribution in [0.15, 0.2) is 24.3 Å². The highest BCUT2D eigenvalue weighted by Gasteiger charge is 2.29. The molecule has 1 aromatic heterocycles. The van der Waals surface area contributed by atoms with Crippen molar-refractivity contribution in [3.05, 3.63) is 34.9 Å². The number of carbonyl (C=O) groups excluding carboxylic acids is 1. The average Bonchev–Trinajstić information content (AvgIpc) is 2.85. The smallest absolute Gasteiger partial charge is 0.306 e. The van der Waals surface area contributed by atoms with Gasteiger partial charge >= 0.3 is 5.97 Å². The molecule has 14 heteroatoms. The molecule has 4 rings (SSSR count). The second kappa shape index (κ2) is 13.5. The quantitative estimate of drug-likeness (QED) is 0.276. The Hall–Kier alpha value is -2.48. The molecule has 0 bridgehead atoms. The molecule has 2 fully saturated rings. The summed E-state index contributed by atoms with van der Waals surface area (Å²) in [6.45, 7) is 2.74. The highest BCUT2D eigenvalue weighted by molar-refractivity contribution is 6.30. The largest absolute Gasteiger partial charge is 0.469 e. The number of nitrogens with two attached hydrogens (primary N) is 4. The van der Waals surface area contributed by atoms with Gasteiger partial charge in [0, 0.05) is 67.8 Å². The molecule has 0 radical (unpaired) electrons. The predicted octanol–water partition coefficient (Wildman–Crippen LogP) is 0.435. The van der Waals surface area contributed by atoms with E-state index in [2.05, 4.69) is 5.32 Å². The zero-order chi connectivity index (χ0) is 26.5. The first-order valence-electron chi connectivity index (χ1n) is 12.5. The number of nitrogens with one attached hydrogen (secondary N) is 1. The van der Waals surface area contributed by atoms with E-state index < -0.39 is 0 Å². The fraction of sp³-hybridized carbons (Fsp3) is 0.583. The van der Waals surface area contributed by atoms with Crippen molar-refractivity contribution in [2.24, 2.45) is 22.9 Å². The van der Waals surface area contributed by atoms with E-state index in [1.165, 1.54) is 7.11 Å². The van der Waals surface area contributed by atoms with Gasteiger partial charge in [0.1, 0.15) is 0 Å². The maximum atomic E-state index is 12.1. The van der Waals surface area contributed by atoms with E-state index in [0.717, 1.165) is 18.4 Å². The minimum absolute atomic E-state index is 0. The minimum Gasteiger partial charge on any atom is -0.469 e. The number of nitrogens with zero attached hydrogens (tertiary/aromatic N) is 5. The number of carbonyl (C=O) groups is 1. The lowest BCUT2D eigenvalue weighted by Gasteiger charge is -2.37. The van der Waals surface area contributed by atoms with Crippen LogP contribution in [0.25, 0.3) is 0 Å². The van der Waals surface area contributed by atoms with Gasteiger partial charge in [0.25, 0.3) is 0 Å². The summed E-state index contributed by atoms with van der Waals surface area (Å²) in [6, 6.07) is 7.08. The van der Waals surface area contributed by atoms with Crippen LogP contribution in [0.1, 0.15) is 30.7 Å². The van der Waals surface area contributed by atoms with Crippen LogP contribution in [-0.2, 0) is 9.53 Å². The van der Waals surface area contributed by atoms with Gasteiger partial charge in [-0.2, -0.15) is 15.0 Å². The molecule has 1 unspecified atom stereocenters. The van der Waals surface area contributed by atoms with Crippen LogP contribution in [0.5, 0.6) is 0 Å². The van der Waals surface area contributed by atoms with Crippen molar-refractivity contribution in [2.75, 3.05) is 55.0 Å². The van der Waals surface area contributed by atoms with Gasteiger partial charge in [-0.25, -0.2) is 0 Å². The molecule has 5 atom stereocenters. The van der Waals surface area contributed by atoms with Crippen molar-refractivity contribution >= 4 is 47.8 Å². The number of ether oxygens (including phenoxy) is 1. The Morgan fingerprint density at radius 1 is 0.947 bits per heavy atom.